The zero-order valence-electron chi connectivity index (χ0n) is 24.8. The summed E-state index contributed by atoms with van der Waals surface area (Å²) in [7, 11) is 0. The van der Waals surface area contributed by atoms with Gasteiger partial charge in [0.15, 0.2) is 0 Å². The van der Waals surface area contributed by atoms with Crippen LogP contribution in [0.2, 0.25) is 0 Å². The highest BCUT2D eigenvalue weighted by Crippen LogP contribution is 2.44. The first kappa shape index (κ1) is 25.6. The van der Waals surface area contributed by atoms with Crippen LogP contribution >= 0.6 is 11.3 Å². The molecule has 2 aromatic heterocycles. The number of fused-ring (bicyclic) bond motifs is 8. The van der Waals surface area contributed by atoms with E-state index in [0.29, 0.717) is 0 Å². The molecule has 8 aromatic carbocycles. The number of benzene rings is 8. The summed E-state index contributed by atoms with van der Waals surface area (Å²) in [6.45, 7) is 0. The molecule has 0 N–H and O–H groups in total. The van der Waals surface area contributed by atoms with Gasteiger partial charge in [-0.05, 0) is 85.3 Å². The van der Waals surface area contributed by atoms with Crippen molar-refractivity contribution >= 4 is 75.0 Å². The van der Waals surface area contributed by atoms with Crippen molar-refractivity contribution in [3.63, 3.8) is 0 Å². The number of thiophene rings is 1. The number of hydrogen-bond acceptors (Lipinski definition) is 2. The Balaban J connectivity index is 1.10. The van der Waals surface area contributed by atoms with Gasteiger partial charge in [-0.3, -0.25) is 0 Å². The van der Waals surface area contributed by atoms with Crippen molar-refractivity contribution in [2.75, 3.05) is 0 Å². The van der Waals surface area contributed by atoms with Gasteiger partial charge in [0.2, 0.25) is 0 Å². The van der Waals surface area contributed by atoms with Crippen LogP contribution in [-0.2, 0) is 0 Å². The fourth-order valence-electron chi connectivity index (χ4n) is 7.36. The van der Waals surface area contributed by atoms with E-state index >= 15 is 0 Å². The lowest BCUT2D eigenvalue weighted by Gasteiger charge is -2.18. The molecule has 0 unspecified atom stereocenters. The Bertz CT molecular complexity index is 2730. The van der Waals surface area contributed by atoms with Gasteiger partial charge in [0.05, 0.1) is 0 Å². The predicted octanol–water partition coefficient (Wildman–Crippen LogP) is 13.3. The van der Waals surface area contributed by atoms with Crippen molar-refractivity contribution in [2.45, 2.75) is 0 Å². The van der Waals surface area contributed by atoms with E-state index in [2.05, 4.69) is 158 Å². The van der Waals surface area contributed by atoms with Gasteiger partial charge < -0.3 is 4.42 Å². The number of hydrogen-bond donors (Lipinski definition) is 0. The topological polar surface area (TPSA) is 13.1 Å². The third-order valence-electron chi connectivity index (χ3n) is 9.47. The molecule has 0 aliphatic rings. The Morgan fingerprint density at radius 2 is 0.826 bits per heavy atom. The SMILES string of the molecule is c1ccc(-c2c3ccccc3c(-c3ccc(-c4ccc5c(c4)oc4cc6sc7ccccc7c6cc45)cc3)c3ccccc23)cc1. The third kappa shape index (κ3) is 3.81. The Hall–Kier alpha value is -5.70. The molecule has 0 aliphatic heterocycles. The van der Waals surface area contributed by atoms with Gasteiger partial charge >= 0.3 is 0 Å². The van der Waals surface area contributed by atoms with Crippen LogP contribution in [0.4, 0.5) is 0 Å². The maximum Gasteiger partial charge on any atom is 0.136 e. The molecule has 2 heteroatoms. The second-order valence-corrected chi connectivity index (χ2v) is 13.1. The monoisotopic (exact) mass is 602 g/mol. The van der Waals surface area contributed by atoms with Crippen LogP contribution in [0.15, 0.2) is 162 Å². The quantitative estimate of drug-likeness (QED) is 0.183. The van der Waals surface area contributed by atoms with Crippen molar-refractivity contribution in [3.8, 4) is 33.4 Å². The summed E-state index contributed by atoms with van der Waals surface area (Å²) in [5, 5.41) is 10.0. The van der Waals surface area contributed by atoms with Crippen LogP contribution in [0.25, 0.3) is 97.0 Å². The number of rotatable bonds is 3. The molecule has 0 radical (unpaired) electrons. The van der Waals surface area contributed by atoms with Crippen LogP contribution in [-0.4, -0.2) is 0 Å². The second-order valence-electron chi connectivity index (χ2n) is 12.0. The van der Waals surface area contributed by atoms with Gasteiger partial charge in [0, 0.05) is 30.9 Å². The minimum Gasteiger partial charge on any atom is -0.456 e. The van der Waals surface area contributed by atoms with E-state index in [1.165, 1.54) is 74.9 Å². The van der Waals surface area contributed by atoms with Gasteiger partial charge in [0.1, 0.15) is 11.2 Å². The van der Waals surface area contributed by atoms with Crippen molar-refractivity contribution < 1.29 is 4.42 Å². The third-order valence-corrected chi connectivity index (χ3v) is 10.6. The Morgan fingerprint density at radius 1 is 0.304 bits per heavy atom. The fourth-order valence-corrected chi connectivity index (χ4v) is 8.48. The molecule has 0 atom stereocenters. The Morgan fingerprint density at radius 3 is 1.50 bits per heavy atom. The minimum atomic E-state index is 0.923. The second kappa shape index (κ2) is 9.90. The molecule has 1 nitrogen and oxygen atoms in total. The highest BCUT2D eigenvalue weighted by Gasteiger charge is 2.17. The normalized spacial score (nSPS) is 11.9. The summed E-state index contributed by atoms with van der Waals surface area (Å²) in [6.07, 6.45) is 0. The molecule has 0 aliphatic carbocycles. The maximum absolute atomic E-state index is 6.46. The van der Waals surface area contributed by atoms with Crippen molar-refractivity contribution in [1.29, 1.82) is 0 Å². The molecule has 214 valence electrons. The molecular weight excluding hydrogens is 577 g/mol. The first-order valence-corrected chi connectivity index (χ1v) is 16.5. The molecule has 0 bridgehead atoms. The van der Waals surface area contributed by atoms with E-state index in [1.54, 1.807) is 0 Å². The van der Waals surface area contributed by atoms with E-state index in [0.717, 1.165) is 22.1 Å². The fraction of sp³-hybridized carbons (Fsp3) is 0. The van der Waals surface area contributed by atoms with Gasteiger partial charge in [-0.25, -0.2) is 0 Å². The summed E-state index contributed by atoms with van der Waals surface area (Å²) in [6, 6.07) is 57.2. The van der Waals surface area contributed by atoms with E-state index in [4.69, 9.17) is 4.42 Å². The number of furan rings is 1. The highest BCUT2D eigenvalue weighted by atomic mass is 32.1. The predicted molar refractivity (Wildman–Crippen MR) is 198 cm³/mol. The molecule has 10 aromatic rings. The molecular formula is C44H26OS. The minimum absolute atomic E-state index is 0.923. The van der Waals surface area contributed by atoms with Crippen LogP contribution in [0.1, 0.15) is 0 Å². The lowest BCUT2D eigenvalue weighted by molar-refractivity contribution is 0.669. The zero-order valence-corrected chi connectivity index (χ0v) is 25.6. The average molecular weight is 603 g/mol. The lowest BCUT2D eigenvalue weighted by Crippen LogP contribution is -1.90. The van der Waals surface area contributed by atoms with Gasteiger partial charge in [-0.2, -0.15) is 0 Å². The van der Waals surface area contributed by atoms with E-state index in [-0.39, 0.29) is 0 Å². The molecule has 0 amide bonds. The smallest absolute Gasteiger partial charge is 0.136 e. The lowest BCUT2D eigenvalue weighted by atomic mass is 9.86. The molecule has 0 fully saturated rings. The van der Waals surface area contributed by atoms with E-state index in [9.17, 15) is 0 Å². The summed E-state index contributed by atoms with van der Waals surface area (Å²) < 4.78 is 9.04. The van der Waals surface area contributed by atoms with Crippen LogP contribution in [0.3, 0.4) is 0 Å². The van der Waals surface area contributed by atoms with Crippen LogP contribution < -0.4 is 0 Å². The highest BCUT2D eigenvalue weighted by molar-refractivity contribution is 7.25. The van der Waals surface area contributed by atoms with Crippen molar-refractivity contribution in [2.24, 2.45) is 0 Å². The first-order chi connectivity index (χ1) is 22.8. The standard InChI is InChI=1S/C44H26OS/c1-2-10-28(11-3-1)43-33-13-4-6-15-35(33)44(36-16-7-5-14-34(36)43)29-20-18-27(19-21-29)30-22-23-31-37-25-38-32-12-8-9-17-41(32)46-42(38)26-40(37)45-39(31)24-30/h1-26H. The van der Waals surface area contributed by atoms with Crippen molar-refractivity contribution in [3.05, 3.63) is 158 Å². The molecule has 0 saturated heterocycles. The molecule has 0 spiro atoms. The largest absolute Gasteiger partial charge is 0.456 e. The molecule has 0 saturated carbocycles. The summed E-state index contributed by atoms with van der Waals surface area (Å²) in [5.74, 6) is 0. The Kier molecular flexibility index (Phi) is 5.51. The maximum atomic E-state index is 6.46. The van der Waals surface area contributed by atoms with Crippen molar-refractivity contribution in [1.82, 2.24) is 0 Å². The van der Waals surface area contributed by atoms with Crippen LogP contribution in [0.5, 0.6) is 0 Å². The van der Waals surface area contributed by atoms with E-state index < -0.39 is 0 Å². The average Bonchev–Trinajstić information content (AvgIpc) is 3.66. The molecule has 2 heterocycles. The van der Waals surface area contributed by atoms with E-state index in [1.807, 2.05) is 11.3 Å². The summed E-state index contributed by atoms with van der Waals surface area (Å²) in [4.78, 5) is 0. The Labute approximate surface area is 269 Å². The van der Waals surface area contributed by atoms with Gasteiger partial charge in [0.25, 0.3) is 0 Å². The van der Waals surface area contributed by atoms with Gasteiger partial charge in [-0.15, -0.1) is 11.3 Å². The first-order valence-electron chi connectivity index (χ1n) is 15.7. The molecule has 46 heavy (non-hydrogen) atoms. The summed E-state index contributed by atoms with van der Waals surface area (Å²) >= 11 is 1.83. The van der Waals surface area contributed by atoms with Crippen LogP contribution in [0, 0.1) is 0 Å². The van der Waals surface area contributed by atoms with Gasteiger partial charge in [-0.1, -0.05) is 127 Å². The molecule has 10 rings (SSSR count). The zero-order chi connectivity index (χ0) is 30.2. The summed E-state index contributed by atoms with van der Waals surface area (Å²) in [5.41, 5.74) is 9.22.